The number of hydrogen-bond donors (Lipinski definition) is 1. The maximum Gasteiger partial charge on any atom is 0.148 e. The van der Waals surface area contributed by atoms with Crippen LogP contribution in [0.4, 0.5) is 5.69 Å². The molecule has 0 heterocycles. The normalized spacial score (nSPS) is 12.2. The summed E-state index contributed by atoms with van der Waals surface area (Å²) in [5.41, 5.74) is 9.68. The predicted molar refractivity (Wildman–Crippen MR) is 128 cm³/mol. The van der Waals surface area contributed by atoms with Crippen molar-refractivity contribution in [3.8, 4) is 11.1 Å². The van der Waals surface area contributed by atoms with E-state index in [1.807, 2.05) is 44.4 Å². The lowest BCUT2D eigenvalue weighted by molar-refractivity contribution is -0.111. The maximum absolute atomic E-state index is 11.9. The van der Waals surface area contributed by atoms with Crippen LogP contribution in [-0.2, 0) is 10.3 Å². The van der Waals surface area contributed by atoms with E-state index in [0.717, 1.165) is 23.1 Å². The van der Waals surface area contributed by atoms with Crippen LogP contribution in [0.2, 0.25) is 10.0 Å². The number of rotatable bonds is 5. The summed E-state index contributed by atoms with van der Waals surface area (Å²) >= 11 is 12.1. The molecule has 7 heteroatoms. The summed E-state index contributed by atoms with van der Waals surface area (Å²) in [5.74, 6) is 0. The van der Waals surface area contributed by atoms with Crippen LogP contribution in [0.25, 0.3) is 11.1 Å². The Morgan fingerprint density at radius 3 is 2.00 bits per heavy atom. The molecule has 0 aromatic heterocycles. The summed E-state index contributed by atoms with van der Waals surface area (Å²) in [5, 5.41) is 0.785. The number of aldehydes is 1. The summed E-state index contributed by atoms with van der Waals surface area (Å²) in [6.45, 7) is 0. The highest BCUT2D eigenvalue weighted by molar-refractivity contribution is 6.42. The van der Waals surface area contributed by atoms with Gasteiger partial charge in [-0.2, -0.15) is 0 Å². The van der Waals surface area contributed by atoms with Gasteiger partial charge in [-0.1, -0.05) is 65.7 Å². The largest absolute Gasteiger partial charge is 0.378 e. The van der Waals surface area contributed by atoms with Gasteiger partial charge in [0.05, 0.1) is 10.0 Å². The fraction of sp³-hybridized carbons (Fsp3) is 0.136. The Bertz CT molecular complexity index is 977. The Hall–Kier alpha value is -1.75. The lowest BCUT2D eigenvalue weighted by atomic mass is 9.84. The van der Waals surface area contributed by atoms with Gasteiger partial charge in [0.25, 0.3) is 0 Å². The van der Waals surface area contributed by atoms with Crippen LogP contribution in [0.5, 0.6) is 0 Å². The van der Waals surface area contributed by atoms with Crippen molar-refractivity contribution >= 4 is 60.0 Å². The van der Waals surface area contributed by atoms with Crippen molar-refractivity contribution in [2.75, 3.05) is 19.0 Å². The van der Waals surface area contributed by atoms with Gasteiger partial charge in [-0.15, -0.1) is 24.8 Å². The van der Waals surface area contributed by atoms with E-state index in [9.17, 15) is 4.79 Å². The number of benzene rings is 3. The molecule has 0 saturated heterocycles. The summed E-state index contributed by atoms with van der Waals surface area (Å²) in [6.07, 6.45) is 0.730. The number of halogens is 4. The highest BCUT2D eigenvalue weighted by Gasteiger charge is 2.29. The zero-order chi connectivity index (χ0) is 19.6. The molecule has 0 spiro atoms. The molecule has 3 rings (SSSR count). The van der Waals surface area contributed by atoms with Crippen molar-refractivity contribution in [2.45, 2.75) is 5.54 Å². The lowest BCUT2D eigenvalue weighted by Crippen LogP contribution is -2.39. The van der Waals surface area contributed by atoms with Crippen molar-refractivity contribution in [3.63, 3.8) is 0 Å². The van der Waals surface area contributed by atoms with Gasteiger partial charge < -0.3 is 15.4 Å². The minimum atomic E-state index is -1.29. The van der Waals surface area contributed by atoms with Crippen LogP contribution in [0.3, 0.4) is 0 Å². The van der Waals surface area contributed by atoms with Crippen molar-refractivity contribution in [1.29, 1.82) is 0 Å². The predicted octanol–water partition coefficient (Wildman–Crippen LogP) is 5.97. The van der Waals surface area contributed by atoms with E-state index < -0.39 is 5.54 Å². The molecule has 1 atom stereocenters. The summed E-state index contributed by atoms with van der Waals surface area (Å²) in [6, 6.07) is 20.9. The van der Waals surface area contributed by atoms with Crippen LogP contribution in [-0.4, -0.2) is 20.4 Å². The van der Waals surface area contributed by atoms with E-state index in [4.69, 9.17) is 28.9 Å². The summed E-state index contributed by atoms with van der Waals surface area (Å²) in [7, 11) is 4.01. The molecule has 0 bridgehead atoms. The molecule has 3 aromatic rings. The highest BCUT2D eigenvalue weighted by Crippen LogP contribution is 2.32. The van der Waals surface area contributed by atoms with Crippen LogP contribution >= 0.6 is 48.0 Å². The maximum atomic E-state index is 11.9. The summed E-state index contributed by atoms with van der Waals surface area (Å²) < 4.78 is 0. The zero-order valence-corrected chi connectivity index (χ0v) is 19.1. The molecule has 2 N–H and O–H groups in total. The molecule has 0 aliphatic rings. The van der Waals surface area contributed by atoms with Gasteiger partial charge in [-0.25, -0.2) is 0 Å². The quantitative estimate of drug-likeness (QED) is 0.466. The first-order valence-electron chi connectivity index (χ1n) is 8.44. The standard InChI is InChI=1S/C22H20Cl2N2O.2ClH/c1-26(2)19-5-3-4-16(12-19)15-6-8-17(9-7-15)22(25,14-27)18-10-11-20(23)21(24)13-18;;/h3-14H,25H2,1-2H3;2*1H. The number of nitrogens with two attached hydrogens (primary N) is 1. The third-order valence-corrected chi connectivity index (χ3v) is 5.38. The smallest absolute Gasteiger partial charge is 0.148 e. The van der Waals surface area contributed by atoms with Gasteiger partial charge in [-0.3, -0.25) is 0 Å². The molecular formula is C22H22Cl4N2O. The van der Waals surface area contributed by atoms with E-state index in [0.29, 0.717) is 21.2 Å². The Morgan fingerprint density at radius 1 is 0.828 bits per heavy atom. The molecule has 0 saturated carbocycles. The minimum Gasteiger partial charge on any atom is -0.378 e. The second-order valence-electron chi connectivity index (χ2n) is 6.64. The van der Waals surface area contributed by atoms with Gasteiger partial charge in [-0.05, 0) is 46.5 Å². The number of anilines is 1. The SMILES string of the molecule is CN(C)c1cccc(-c2ccc(C(N)(C=O)c3ccc(Cl)c(Cl)c3)cc2)c1.Cl.Cl. The molecule has 29 heavy (non-hydrogen) atoms. The Labute approximate surface area is 193 Å². The van der Waals surface area contributed by atoms with Crippen molar-refractivity contribution in [1.82, 2.24) is 0 Å². The second kappa shape index (κ2) is 10.3. The molecule has 1 unspecified atom stereocenters. The van der Waals surface area contributed by atoms with E-state index in [1.165, 1.54) is 0 Å². The first kappa shape index (κ1) is 25.3. The number of hydrogen-bond acceptors (Lipinski definition) is 3. The first-order valence-corrected chi connectivity index (χ1v) is 9.20. The molecule has 0 aliphatic carbocycles. The topological polar surface area (TPSA) is 46.3 Å². The van der Waals surface area contributed by atoms with Crippen LogP contribution in [0, 0.1) is 0 Å². The molecule has 0 aliphatic heterocycles. The number of nitrogens with zero attached hydrogens (tertiary/aromatic N) is 1. The highest BCUT2D eigenvalue weighted by atomic mass is 35.5. The lowest BCUT2D eigenvalue weighted by Gasteiger charge is -2.25. The molecular weight excluding hydrogens is 450 g/mol. The van der Waals surface area contributed by atoms with Crippen LogP contribution < -0.4 is 10.6 Å². The Morgan fingerprint density at radius 2 is 1.45 bits per heavy atom. The van der Waals surface area contributed by atoms with E-state index in [-0.39, 0.29) is 24.8 Å². The van der Waals surface area contributed by atoms with Gasteiger partial charge in [0.1, 0.15) is 11.8 Å². The third-order valence-electron chi connectivity index (χ3n) is 4.64. The summed E-state index contributed by atoms with van der Waals surface area (Å²) in [4.78, 5) is 13.9. The second-order valence-corrected chi connectivity index (χ2v) is 7.45. The van der Waals surface area contributed by atoms with E-state index >= 15 is 0 Å². The molecule has 154 valence electrons. The van der Waals surface area contributed by atoms with Crippen molar-refractivity contribution in [2.24, 2.45) is 5.73 Å². The van der Waals surface area contributed by atoms with Gasteiger partial charge >= 0.3 is 0 Å². The van der Waals surface area contributed by atoms with Crippen molar-refractivity contribution in [3.05, 3.63) is 87.9 Å². The first-order chi connectivity index (χ1) is 12.8. The van der Waals surface area contributed by atoms with Gasteiger partial charge in [0.2, 0.25) is 0 Å². The molecule has 0 fully saturated rings. The van der Waals surface area contributed by atoms with Gasteiger partial charge in [0.15, 0.2) is 0 Å². The monoisotopic (exact) mass is 470 g/mol. The third kappa shape index (κ3) is 5.25. The average Bonchev–Trinajstić information content (AvgIpc) is 2.69. The van der Waals surface area contributed by atoms with Crippen LogP contribution in [0.1, 0.15) is 11.1 Å². The molecule has 0 amide bonds. The van der Waals surface area contributed by atoms with Crippen molar-refractivity contribution < 1.29 is 4.79 Å². The van der Waals surface area contributed by atoms with Crippen LogP contribution in [0.15, 0.2) is 66.7 Å². The molecule has 3 nitrogen and oxygen atoms in total. The number of carbonyl (C=O) groups excluding carboxylic acids is 1. The fourth-order valence-electron chi connectivity index (χ4n) is 2.96. The average molecular weight is 472 g/mol. The van der Waals surface area contributed by atoms with E-state index in [1.54, 1.807) is 18.2 Å². The number of carbonyl (C=O) groups is 1. The Balaban J connectivity index is 0.00000210. The molecule has 3 aromatic carbocycles. The zero-order valence-electron chi connectivity index (χ0n) is 15.9. The van der Waals surface area contributed by atoms with E-state index in [2.05, 4.69) is 23.1 Å². The van der Waals surface area contributed by atoms with Gasteiger partial charge in [0, 0.05) is 19.8 Å². The Kier molecular flexibility index (Phi) is 9.01. The minimum absolute atomic E-state index is 0. The molecule has 0 radical (unpaired) electrons. The fourth-order valence-corrected chi connectivity index (χ4v) is 3.26.